The van der Waals surface area contributed by atoms with E-state index in [9.17, 15) is 5.11 Å². The van der Waals surface area contributed by atoms with Gasteiger partial charge in [-0.1, -0.05) is 57.6 Å². The van der Waals surface area contributed by atoms with Crippen molar-refractivity contribution in [3.05, 3.63) is 46.6 Å². The number of rotatable bonds is 1. The minimum absolute atomic E-state index is 0.396. The van der Waals surface area contributed by atoms with E-state index in [1.165, 1.54) is 25.7 Å². The van der Waals surface area contributed by atoms with Crippen molar-refractivity contribution < 1.29 is 25.1 Å². The third-order valence-corrected chi connectivity index (χ3v) is 6.19. The normalized spacial score (nSPS) is 16.5. The Kier molecular flexibility index (Phi) is 10.2. The summed E-state index contributed by atoms with van der Waals surface area (Å²) in [6.07, 6.45) is 3.36. The van der Waals surface area contributed by atoms with E-state index in [1.807, 2.05) is 13.0 Å². The summed E-state index contributed by atoms with van der Waals surface area (Å²) in [4.78, 5) is 0. The van der Waals surface area contributed by atoms with E-state index in [-0.39, 0.29) is 0 Å². The molecule has 1 atom stereocenters. The van der Waals surface area contributed by atoms with Gasteiger partial charge in [-0.05, 0) is 24.6 Å². The van der Waals surface area contributed by atoms with Crippen LogP contribution in [0.1, 0.15) is 47.1 Å². The summed E-state index contributed by atoms with van der Waals surface area (Å²) in [6, 6.07) is 5.86. The van der Waals surface area contributed by atoms with Gasteiger partial charge in [-0.2, -0.15) is 11.1 Å². The molecule has 1 aromatic carbocycles. The summed E-state index contributed by atoms with van der Waals surface area (Å²) < 4.78 is 1.42. The summed E-state index contributed by atoms with van der Waals surface area (Å²) in [5, 5.41) is 10.7. The van der Waals surface area contributed by atoms with Crippen LogP contribution < -0.4 is 5.19 Å². The number of phenolic OH excluding ortho intramolecular Hbond substituents is 1. The molecule has 0 fully saturated rings. The second-order valence-corrected chi connectivity index (χ2v) is 14.7. The van der Waals surface area contributed by atoms with Crippen molar-refractivity contribution >= 4 is 17.1 Å². The van der Waals surface area contributed by atoms with Gasteiger partial charge in [0, 0.05) is 0 Å². The van der Waals surface area contributed by atoms with Gasteiger partial charge in [-0.3, -0.25) is 6.08 Å². The Morgan fingerprint density at radius 1 is 1.04 bits per heavy atom. The van der Waals surface area contributed by atoms with Crippen LogP contribution in [0.2, 0.25) is 19.6 Å². The third-order valence-electron chi connectivity index (χ3n) is 4.16. The van der Waals surface area contributed by atoms with Crippen molar-refractivity contribution in [3.63, 3.8) is 0 Å². The number of benzene rings is 1. The second kappa shape index (κ2) is 10.4. The third kappa shape index (κ3) is 9.53. The Bertz CT molecular complexity index is 639. The molecule has 1 N–H and O–H groups in total. The second-order valence-electron chi connectivity index (χ2n) is 8.11. The SMILES string of the molecule is CC1=[C-]C(C)C(C)=C1C.C[C](C)=[Ti+].Cc1cc(O)cc([Si](C)(C)C)c1. The quantitative estimate of drug-likeness (QED) is 0.480. The van der Waals surface area contributed by atoms with E-state index in [1.54, 1.807) is 6.07 Å². The number of aryl methyl sites for hydroxylation is 1. The molecular formula is C22H35OSiTi. The summed E-state index contributed by atoms with van der Waals surface area (Å²) >= 11 is 2.08. The molecule has 0 heterocycles. The largest absolute Gasteiger partial charge is 0.508 e. The number of hydrogen-bond acceptors (Lipinski definition) is 1. The maximum atomic E-state index is 9.38. The summed E-state index contributed by atoms with van der Waals surface area (Å²) in [5.41, 5.74) is 5.39. The van der Waals surface area contributed by atoms with Crippen LogP contribution in [0.15, 0.2) is 34.9 Å². The van der Waals surface area contributed by atoms with Crippen molar-refractivity contribution in [2.75, 3.05) is 0 Å². The molecule has 0 radical (unpaired) electrons. The Morgan fingerprint density at radius 2 is 1.52 bits per heavy atom. The van der Waals surface area contributed by atoms with Crippen LogP contribution in [0.4, 0.5) is 0 Å². The van der Waals surface area contributed by atoms with Crippen LogP contribution in [0.5, 0.6) is 5.75 Å². The predicted molar refractivity (Wildman–Crippen MR) is 112 cm³/mol. The van der Waals surface area contributed by atoms with Crippen LogP contribution in [0, 0.1) is 18.9 Å². The first-order valence-corrected chi connectivity index (χ1v) is 13.1. The molecule has 1 aliphatic rings. The smallest absolute Gasteiger partial charge is 0.115 e. The zero-order chi connectivity index (χ0) is 19.9. The van der Waals surface area contributed by atoms with Crippen molar-refractivity contribution in [3.8, 4) is 5.75 Å². The minimum Gasteiger partial charge on any atom is -0.508 e. The van der Waals surface area contributed by atoms with Crippen molar-refractivity contribution in [1.82, 2.24) is 0 Å². The standard InChI is InChI=1S/C10H16OSi.C9H13.C3H6.Ti/c1-8-5-9(11)7-10(6-8)12(2,3)4;1-6-5-7(2)9(4)8(6)3;1-3-2;/h5-7,11H,1-4H3;6H,1-4H3;1-2H3;/q;-1;;+1. The number of hydrogen-bond donors (Lipinski definition) is 1. The van der Waals surface area contributed by atoms with Crippen LogP contribution in [-0.2, 0) is 20.0 Å². The van der Waals surface area contributed by atoms with Crippen molar-refractivity contribution in [2.24, 2.45) is 5.92 Å². The van der Waals surface area contributed by atoms with Crippen molar-refractivity contribution in [1.29, 1.82) is 0 Å². The maximum Gasteiger partial charge on any atom is 0.115 e. The summed E-state index contributed by atoms with van der Waals surface area (Å²) in [5.74, 6) is 0.956. The first-order chi connectivity index (χ1) is 11.3. The minimum atomic E-state index is -1.26. The molecule has 1 nitrogen and oxygen atoms in total. The average molecular weight is 391 g/mol. The Labute approximate surface area is 168 Å². The van der Waals surface area contributed by atoms with Gasteiger partial charge < -0.3 is 5.11 Å². The van der Waals surface area contributed by atoms with Gasteiger partial charge in [-0.25, -0.2) is 5.57 Å². The fraction of sp³-hybridized carbons (Fsp3) is 0.500. The predicted octanol–water partition coefficient (Wildman–Crippen LogP) is 5.71. The molecule has 0 saturated heterocycles. The zero-order valence-corrected chi connectivity index (χ0v) is 20.3. The van der Waals surface area contributed by atoms with E-state index in [4.69, 9.17) is 0 Å². The van der Waals surface area contributed by atoms with Crippen LogP contribution in [-0.4, -0.2) is 17.0 Å². The van der Waals surface area contributed by atoms with E-state index < -0.39 is 8.07 Å². The van der Waals surface area contributed by atoms with E-state index in [2.05, 4.69) is 93.3 Å². The molecule has 0 spiro atoms. The fourth-order valence-corrected chi connectivity index (χ4v) is 3.60. The molecule has 2 rings (SSSR count). The van der Waals surface area contributed by atoms with Gasteiger partial charge >= 0.3 is 37.6 Å². The van der Waals surface area contributed by atoms with Crippen LogP contribution in [0.25, 0.3) is 0 Å². The van der Waals surface area contributed by atoms with E-state index in [0.29, 0.717) is 11.7 Å². The van der Waals surface area contributed by atoms with Crippen molar-refractivity contribution in [2.45, 2.75) is 68.1 Å². The molecule has 0 saturated carbocycles. The Hall–Kier alpha value is -0.699. The molecule has 0 amide bonds. The molecule has 1 aliphatic carbocycles. The molecule has 1 aromatic rings. The molecule has 137 valence electrons. The van der Waals surface area contributed by atoms with Crippen LogP contribution >= 0.6 is 0 Å². The number of aromatic hydroxyl groups is 1. The Balaban J connectivity index is 0.000000391. The van der Waals surface area contributed by atoms with E-state index >= 15 is 0 Å². The van der Waals surface area contributed by atoms with Gasteiger partial charge in [0.05, 0.1) is 8.07 Å². The molecule has 25 heavy (non-hydrogen) atoms. The van der Waals surface area contributed by atoms with Gasteiger partial charge in [0.15, 0.2) is 0 Å². The average Bonchev–Trinajstić information content (AvgIpc) is 2.63. The zero-order valence-electron chi connectivity index (χ0n) is 17.8. The van der Waals surface area contributed by atoms with Gasteiger partial charge in [0.2, 0.25) is 0 Å². The molecule has 0 aliphatic heterocycles. The first-order valence-electron chi connectivity index (χ1n) is 8.86. The Morgan fingerprint density at radius 3 is 1.76 bits per heavy atom. The molecular weight excluding hydrogens is 356 g/mol. The van der Waals surface area contributed by atoms with Gasteiger partial charge in [-0.15, -0.1) is 6.92 Å². The summed E-state index contributed by atoms with van der Waals surface area (Å²) in [6.45, 7) is 21.7. The maximum absolute atomic E-state index is 9.38. The molecule has 0 aromatic heterocycles. The molecule has 0 bridgehead atoms. The van der Waals surface area contributed by atoms with Crippen LogP contribution in [0.3, 0.4) is 0 Å². The number of phenols is 1. The topological polar surface area (TPSA) is 20.2 Å². The summed E-state index contributed by atoms with van der Waals surface area (Å²) in [7, 11) is -1.26. The molecule has 1 unspecified atom stereocenters. The van der Waals surface area contributed by atoms with E-state index in [0.717, 1.165) is 5.56 Å². The van der Waals surface area contributed by atoms with Gasteiger partial charge in [0.1, 0.15) is 5.75 Å². The van der Waals surface area contributed by atoms with Gasteiger partial charge in [0.25, 0.3) is 0 Å². The monoisotopic (exact) mass is 391 g/mol. The first kappa shape index (κ1) is 24.3. The fourth-order valence-electron chi connectivity index (χ4n) is 2.36. The number of allylic oxidation sites excluding steroid dienone is 4. The molecule has 3 heteroatoms.